The molecule has 118 valence electrons. The Morgan fingerprint density at radius 2 is 2.05 bits per heavy atom. The van der Waals surface area contributed by atoms with Crippen LogP contribution in [0.1, 0.15) is 44.9 Å². The van der Waals surface area contributed by atoms with Crippen LogP contribution in [-0.4, -0.2) is 62.6 Å². The molecule has 1 saturated heterocycles. The van der Waals surface area contributed by atoms with Gasteiger partial charge in [0.2, 0.25) is 0 Å². The van der Waals surface area contributed by atoms with Gasteiger partial charge in [0, 0.05) is 37.7 Å². The smallest absolute Gasteiger partial charge is 0.0558 e. The molecule has 20 heavy (non-hydrogen) atoms. The van der Waals surface area contributed by atoms with E-state index in [-0.39, 0.29) is 12.0 Å². The lowest BCUT2D eigenvalue weighted by Gasteiger charge is -2.44. The monoisotopic (exact) mass is 284 g/mol. The van der Waals surface area contributed by atoms with Crippen molar-refractivity contribution in [2.45, 2.75) is 51.0 Å². The molecule has 1 aliphatic heterocycles. The van der Waals surface area contributed by atoms with E-state index in [0.717, 1.165) is 32.8 Å². The summed E-state index contributed by atoms with van der Waals surface area (Å²) in [7, 11) is 2.04. The zero-order chi connectivity index (χ0) is 14.3. The zero-order valence-corrected chi connectivity index (χ0v) is 13.1. The zero-order valence-electron chi connectivity index (χ0n) is 13.1. The van der Waals surface area contributed by atoms with Gasteiger partial charge in [-0.05, 0) is 32.7 Å². The van der Waals surface area contributed by atoms with E-state index in [1.165, 1.54) is 44.9 Å². The van der Waals surface area contributed by atoms with Gasteiger partial charge in [0.1, 0.15) is 0 Å². The summed E-state index contributed by atoms with van der Waals surface area (Å²) in [5, 5.41) is 12.8. The average molecular weight is 284 g/mol. The number of aliphatic hydroxyl groups excluding tert-OH is 1. The number of hydrogen-bond acceptors (Lipinski definition) is 4. The van der Waals surface area contributed by atoms with Crippen LogP contribution in [0.25, 0.3) is 0 Å². The Labute approximate surface area is 123 Å². The molecule has 2 fully saturated rings. The summed E-state index contributed by atoms with van der Waals surface area (Å²) in [6, 6.07) is 0.673. The minimum absolute atomic E-state index is 0.236. The largest absolute Gasteiger partial charge is 0.395 e. The summed E-state index contributed by atoms with van der Waals surface area (Å²) in [5.74, 6) is 0. The van der Waals surface area contributed by atoms with E-state index in [0.29, 0.717) is 6.04 Å². The normalized spacial score (nSPS) is 28.9. The molecule has 1 heterocycles. The number of rotatable bonds is 7. The number of nitrogens with one attached hydrogen (secondary N) is 1. The first-order valence-electron chi connectivity index (χ1n) is 8.37. The molecule has 1 unspecified atom stereocenters. The van der Waals surface area contributed by atoms with Crippen LogP contribution in [-0.2, 0) is 4.74 Å². The molecule has 1 aliphatic carbocycles. The van der Waals surface area contributed by atoms with Crippen LogP contribution in [0.2, 0.25) is 0 Å². The molecule has 4 heteroatoms. The van der Waals surface area contributed by atoms with Crippen molar-refractivity contribution in [3.63, 3.8) is 0 Å². The van der Waals surface area contributed by atoms with Crippen LogP contribution < -0.4 is 5.32 Å². The van der Waals surface area contributed by atoms with Gasteiger partial charge >= 0.3 is 0 Å². The number of hydrogen-bond donors (Lipinski definition) is 2. The summed E-state index contributed by atoms with van der Waals surface area (Å²) < 4.78 is 5.78. The van der Waals surface area contributed by atoms with Crippen molar-refractivity contribution in [1.29, 1.82) is 0 Å². The van der Waals surface area contributed by atoms with Crippen molar-refractivity contribution in [3.05, 3.63) is 0 Å². The maximum Gasteiger partial charge on any atom is 0.0558 e. The fraction of sp³-hybridized carbons (Fsp3) is 1.00. The predicted molar refractivity (Wildman–Crippen MR) is 81.9 cm³/mol. The third-order valence-electron chi connectivity index (χ3n) is 4.97. The molecule has 4 nitrogen and oxygen atoms in total. The third kappa shape index (κ3) is 4.42. The second-order valence-electron chi connectivity index (χ2n) is 6.67. The van der Waals surface area contributed by atoms with Crippen molar-refractivity contribution in [3.8, 4) is 0 Å². The molecule has 0 radical (unpaired) electrons. The van der Waals surface area contributed by atoms with E-state index in [2.05, 4.69) is 10.2 Å². The molecule has 0 bridgehead atoms. The van der Waals surface area contributed by atoms with Gasteiger partial charge < -0.3 is 15.2 Å². The Balaban J connectivity index is 1.99. The highest BCUT2D eigenvalue weighted by atomic mass is 16.5. The fourth-order valence-corrected chi connectivity index (χ4v) is 4.00. The minimum Gasteiger partial charge on any atom is -0.395 e. The molecule has 2 aliphatic rings. The lowest BCUT2D eigenvalue weighted by molar-refractivity contribution is -0.0374. The second-order valence-corrected chi connectivity index (χ2v) is 6.67. The highest BCUT2D eigenvalue weighted by Gasteiger charge is 2.36. The van der Waals surface area contributed by atoms with E-state index in [4.69, 9.17) is 4.74 Å². The Kier molecular flexibility index (Phi) is 6.75. The van der Waals surface area contributed by atoms with E-state index in [1.807, 2.05) is 7.05 Å². The van der Waals surface area contributed by atoms with Gasteiger partial charge in [-0.1, -0.05) is 19.3 Å². The molecule has 0 aromatic rings. The van der Waals surface area contributed by atoms with Gasteiger partial charge in [0.15, 0.2) is 0 Å². The highest BCUT2D eigenvalue weighted by Crippen LogP contribution is 2.32. The van der Waals surface area contributed by atoms with Gasteiger partial charge in [-0.2, -0.15) is 0 Å². The number of ether oxygens (including phenoxy) is 1. The summed E-state index contributed by atoms with van der Waals surface area (Å²) in [6.07, 6.45) is 9.09. The number of aliphatic hydroxyl groups is 1. The molecule has 0 aromatic carbocycles. The van der Waals surface area contributed by atoms with E-state index >= 15 is 0 Å². The first-order chi connectivity index (χ1) is 9.79. The molecule has 1 atom stereocenters. The van der Waals surface area contributed by atoms with Crippen LogP contribution in [0.4, 0.5) is 0 Å². The lowest BCUT2D eigenvalue weighted by Crippen LogP contribution is -2.52. The first kappa shape index (κ1) is 16.2. The molecule has 0 spiro atoms. The Morgan fingerprint density at radius 1 is 1.25 bits per heavy atom. The maximum atomic E-state index is 9.42. The summed E-state index contributed by atoms with van der Waals surface area (Å²) in [4.78, 5) is 2.55. The van der Waals surface area contributed by atoms with E-state index in [1.54, 1.807) is 0 Å². The van der Waals surface area contributed by atoms with E-state index in [9.17, 15) is 5.11 Å². The van der Waals surface area contributed by atoms with Crippen molar-refractivity contribution in [2.75, 3.05) is 46.5 Å². The van der Waals surface area contributed by atoms with Crippen LogP contribution >= 0.6 is 0 Å². The quantitative estimate of drug-likeness (QED) is 0.746. The van der Waals surface area contributed by atoms with Crippen molar-refractivity contribution in [2.24, 2.45) is 5.41 Å². The average Bonchev–Trinajstić information content (AvgIpc) is 2.49. The summed E-state index contributed by atoms with van der Waals surface area (Å²) in [5.41, 5.74) is 0.236. The molecule has 0 aromatic heterocycles. The molecular weight excluding hydrogens is 252 g/mol. The summed E-state index contributed by atoms with van der Waals surface area (Å²) >= 11 is 0. The molecule has 2 N–H and O–H groups in total. The predicted octanol–water partition coefficient (Wildman–Crippen LogP) is 1.63. The summed E-state index contributed by atoms with van der Waals surface area (Å²) in [6.45, 7) is 4.95. The van der Waals surface area contributed by atoms with Gasteiger partial charge in [-0.25, -0.2) is 0 Å². The topological polar surface area (TPSA) is 44.7 Å². The standard InChI is InChI=1S/C16H32N2O2/c1-17-12-16(8-5-11-20-14-16)13-18(9-10-19)15-6-3-2-4-7-15/h15,17,19H,2-14H2,1H3. The van der Waals surface area contributed by atoms with Crippen LogP contribution in [0.5, 0.6) is 0 Å². The molecule has 0 amide bonds. The first-order valence-corrected chi connectivity index (χ1v) is 8.37. The molecule has 2 rings (SSSR count). The van der Waals surface area contributed by atoms with Crippen molar-refractivity contribution < 1.29 is 9.84 Å². The van der Waals surface area contributed by atoms with Crippen molar-refractivity contribution >= 4 is 0 Å². The minimum atomic E-state index is 0.236. The number of nitrogens with zero attached hydrogens (tertiary/aromatic N) is 1. The maximum absolute atomic E-state index is 9.42. The van der Waals surface area contributed by atoms with Crippen LogP contribution in [0.3, 0.4) is 0 Å². The fourth-order valence-electron chi connectivity index (χ4n) is 4.00. The SMILES string of the molecule is CNCC1(CN(CCO)C2CCCCC2)CCCOC1. The Hall–Kier alpha value is -0.160. The molecular formula is C16H32N2O2. The highest BCUT2D eigenvalue weighted by molar-refractivity contribution is 4.89. The van der Waals surface area contributed by atoms with E-state index < -0.39 is 0 Å². The Bertz CT molecular complexity index is 256. The van der Waals surface area contributed by atoms with Gasteiger partial charge in [0.05, 0.1) is 13.2 Å². The van der Waals surface area contributed by atoms with Gasteiger partial charge in [-0.3, -0.25) is 4.90 Å². The van der Waals surface area contributed by atoms with Gasteiger partial charge in [-0.15, -0.1) is 0 Å². The second kappa shape index (κ2) is 8.32. The lowest BCUT2D eigenvalue weighted by atomic mass is 9.80. The van der Waals surface area contributed by atoms with Crippen molar-refractivity contribution in [1.82, 2.24) is 10.2 Å². The van der Waals surface area contributed by atoms with Gasteiger partial charge in [0.25, 0.3) is 0 Å². The molecule has 1 saturated carbocycles. The van der Waals surface area contributed by atoms with Crippen LogP contribution in [0.15, 0.2) is 0 Å². The van der Waals surface area contributed by atoms with Crippen LogP contribution in [0, 0.1) is 5.41 Å². The third-order valence-corrected chi connectivity index (χ3v) is 4.97. The Morgan fingerprint density at radius 3 is 2.65 bits per heavy atom.